The van der Waals surface area contributed by atoms with E-state index in [-0.39, 0.29) is 11.2 Å². The van der Waals surface area contributed by atoms with Crippen LogP contribution in [-0.2, 0) is 9.36 Å². The Hall–Kier alpha value is -0.0300. The fourth-order valence-electron chi connectivity index (χ4n) is 2.83. The zero-order chi connectivity index (χ0) is 20.7. The molecule has 0 aromatic rings. The topological polar surface area (TPSA) is 52.7 Å². The summed E-state index contributed by atoms with van der Waals surface area (Å²) in [5, 5.41) is 3.17. The normalized spacial score (nSPS) is 14.9. The third-order valence-electron chi connectivity index (χ3n) is 4.95. The quantitative estimate of drug-likeness (QED) is 0.239. The van der Waals surface area contributed by atoms with E-state index in [1.807, 2.05) is 0 Å². The van der Waals surface area contributed by atoms with E-state index in [2.05, 4.69) is 37.7 Å². The molecule has 1 N–H and O–H groups in total. The first kappa shape index (κ1) is 27.0. The van der Waals surface area contributed by atoms with Crippen molar-refractivity contribution in [2.45, 2.75) is 90.7 Å². The van der Waals surface area contributed by atoms with E-state index < -0.39 is 6.65 Å². The fourth-order valence-corrected chi connectivity index (χ4v) is 7.29. The van der Waals surface area contributed by atoms with Gasteiger partial charge in [0.15, 0.2) is 0 Å². The Morgan fingerprint density at radius 2 is 1.52 bits per heavy atom. The largest absolute Gasteiger partial charge is 0.295 e. The molecule has 0 heterocycles. The third kappa shape index (κ3) is 11.5. The molecule has 0 saturated carbocycles. The Labute approximate surface area is 172 Å². The number of hydrogen-bond donors (Lipinski definition) is 1. The van der Waals surface area contributed by atoms with Gasteiger partial charge >= 0.3 is 0 Å². The van der Waals surface area contributed by atoms with Gasteiger partial charge in [-0.3, -0.25) is 18.9 Å². The van der Waals surface area contributed by atoms with Gasteiger partial charge in [0.1, 0.15) is 0 Å². The molecule has 0 bridgehead atoms. The summed E-state index contributed by atoms with van der Waals surface area (Å²) in [6, 6.07) is 0. The molecule has 7 heteroatoms. The van der Waals surface area contributed by atoms with Gasteiger partial charge in [-0.05, 0) is 39.4 Å². The number of likely N-dealkylation sites (N-methyl/N-ethyl adjacent to an activating group) is 1. The molecule has 0 aliphatic heterocycles. The van der Waals surface area contributed by atoms with Crippen molar-refractivity contribution in [3.05, 3.63) is 0 Å². The minimum Gasteiger partial charge on any atom is -0.295 e. The van der Waals surface area contributed by atoms with E-state index in [1.54, 1.807) is 14.1 Å². The molecule has 162 valence electrons. The van der Waals surface area contributed by atoms with Crippen molar-refractivity contribution < 1.29 is 9.36 Å². The fraction of sp³-hybridized carbons (Fsp3) is 0.950. The van der Waals surface area contributed by atoms with Crippen LogP contribution in [0.4, 0.5) is 0 Å². The molecule has 0 aliphatic carbocycles. The SMILES string of the molecule is CCCCCCN(CCCCCC)CC(=O)N(C)P(=O)(NC)SC(C)CC. The van der Waals surface area contributed by atoms with Crippen LogP contribution < -0.4 is 5.09 Å². The summed E-state index contributed by atoms with van der Waals surface area (Å²) < 4.78 is 14.7. The van der Waals surface area contributed by atoms with E-state index in [0.717, 1.165) is 32.4 Å². The van der Waals surface area contributed by atoms with Crippen LogP contribution >= 0.6 is 18.0 Å². The Bertz CT molecular complexity index is 425. The highest BCUT2D eigenvalue weighted by molar-refractivity contribution is 8.57. The molecule has 0 spiro atoms. The number of amides is 1. The van der Waals surface area contributed by atoms with Gasteiger partial charge in [-0.25, -0.2) is 5.09 Å². The van der Waals surface area contributed by atoms with Crippen molar-refractivity contribution >= 4 is 23.9 Å². The minimum absolute atomic E-state index is 0.0468. The van der Waals surface area contributed by atoms with Crippen LogP contribution in [0, 0.1) is 0 Å². The summed E-state index contributed by atoms with van der Waals surface area (Å²) >= 11 is 1.39. The van der Waals surface area contributed by atoms with Crippen LogP contribution in [0.2, 0.25) is 0 Å². The zero-order valence-corrected chi connectivity index (χ0v) is 20.3. The summed E-state index contributed by atoms with van der Waals surface area (Å²) in [7, 11) is 3.37. The molecule has 0 aromatic heterocycles. The van der Waals surface area contributed by atoms with Crippen LogP contribution in [0.15, 0.2) is 0 Å². The molecular weight excluding hydrogens is 377 g/mol. The molecule has 0 fully saturated rings. The lowest BCUT2D eigenvalue weighted by Crippen LogP contribution is -2.39. The van der Waals surface area contributed by atoms with Crippen LogP contribution in [0.5, 0.6) is 0 Å². The average molecular weight is 422 g/mol. The van der Waals surface area contributed by atoms with Gasteiger partial charge in [-0.1, -0.05) is 77.6 Å². The third-order valence-corrected chi connectivity index (χ3v) is 10.7. The first-order valence-corrected chi connectivity index (χ1v) is 14.0. The molecule has 0 rings (SSSR count). The van der Waals surface area contributed by atoms with Gasteiger partial charge in [-0.15, -0.1) is 0 Å². The molecule has 0 aromatic carbocycles. The van der Waals surface area contributed by atoms with Crippen molar-refractivity contribution in [1.82, 2.24) is 14.7 Å². The standard InChI is InChI=1S/C20H44N3O2PS/c1-7-10-12-14-16-23(17-15-13-11-8-2)18-20(24)22(6)26(25,21-5)27-19(4)9-3/h19H,7-18H2,1-6H3,(H,21,25). The highest BCUT2D eigenvalue weighted by atomic mass is 32.7. The van der Waals surface area contributed by atoms with Crippen molar-refractivity contribution in [3.63, 3.8) is 0 Å². The first-order chi connectivity index (χ1) is 12.8. The van der Waals surface area contributed by atoms with Gasteiger partial charge in [-0.2, -0.15) is 0 Å². The lowest BCUT2D eigenvalue weighted by molar-refractivity contribution is -0.127. The van der Waals surface area contributed by atoms with Crippen molar-refractivity contribution in [2.75, 3.05) is 33.7 Å². The number of nitrogens with one attached hydrogen (secondary N) is 1. The summed E-state index contributed by atoms with van der Waals surface area (Å²) in [6.45, 7) is 7.90. The lowest BCUT2D eigenvalue weighted by Gasteiger charge is -2.31. The second-order valence-electron chi connectivity index (χ2n) is 7.38. The maximum Gasteiger partial charge on any atom is 0.294 e. The van der Waals surface area contributed by atoms with E-state index in [1.165, 1.54) is 54.6 Å². The van der Waals surface area contributed by atoms with Gasteiger partial charge in [0, 0.05) is 12.3 Å². The highest BCUT2D eigenvalue weighted by Crippen LogP contribution is 2.59. The van der Waals surface area contributed by atoms with E-state index in [4.69, 9.17) is 0 Å². The number of rotatable bonds is 17. The Morgan fingerprint density at radius 1 is 1.00 bits per heavy atom. The molecule has 5 nitrogen and oxygen atoms in total. The van der Waals surface area contributed by atoms with E-state index in [0.29, 0.717) is 6.54 Å². The second kappa shape index (κ2) is 15.8. The first-order valence-electron chi connectivity index (χ1n) is 10.8. The number of hydrogen-bond acceptors (Lipinski definition) is 4. The van der Waals surface area contributed by atoms with Gasteiger partial charge in [0.25, 0.3) is 6.65 Å². The molecule has 1 amide bonds. The maximum atomic E-state index is 13.2. The van der Waals surface area contributed by atoms with Gasteiger partial charge in [0.05, 0.1) is 6.54 Å². The number of unbranched alkanes of at least 4 members (excludes halogenated alkanes) is 6. The van der Waals surface area contributed by atoms with Crippen LogP contribution in [0.25, 0.3) is 0 Å². The summed E-state index contributed by atoms with van der Waals surface area (Å²) in [5.74, 6) is -0.0468. The molecule has 0 radical (unpaired) electrons. The van der Waals surface area contributed by atoms with Crippen LogP contribution in [0.3, 0.4) is 0 Å². The Morgan fingerprint density at radius 3 is 1.93 bits per heavy atom. The molecule has 0 aliphatic rings. The lowest BCUT2D eigenvalue weighted by atomic mass is 10.1. The molecule has 27 heavy (non-hydrogen) atoms. The predicted molar refractivity (Wildman–Crippen MR) is 122 cm³/mol. The smallest absolute Gasteiger partial charge is 0.294 e. The second-order valence-corrected chi connectivity index (χ2v) is 12.6. The number of nitrogens with zero attached hydrogens (tertiary/aromatic N) is 2. The highest BCUT2D eigenvalue weighted by Gasteiger charge is 2.32. The summed E-state index contributed by atoms with van der Waals surface area (Å²) in [6.07, 6.45) is 10.5. The van der Waals surface area contributed by atoms with Crippen LogP contribution in [0.1, 0.15) is 85.5 Å². The van der Waals surface area contributed by atoms with Crippen LogP contribution in [-0.4, -0.2) is 54.5 Å². The number of carbonyl (C=O) groups is 1. The molecule has 2 unspecified atom stereocenters. The molecular formula is C20H44N3O2PS. The van der Waals surface area contributed by atoms with Crippen molar-refractivity contribution in [1.29, 1.82) is 0 Å². The predicted octanol–water partition coefficient (Wildman–Crippen LogP) is 5.77. The number of carbonyl (C=O) groups excluding carboxylic acids is 1. The zero-order valence-electron chi connectivity index (χ0n) is 18.6. The minimum atomic E-state index is -2.93. The van der Waals surface area contributed by atoms with Gasteiger partial charge < -0.3 is 0 Å². The Kier molecular flexibility index (Phi) is 15.8. The maximum absolute atomic E-state index is 13.2. The Balaban J connectivity index is 4.81. The molecule has 2 atom stereocenters. The van der Waals surface area contributed by atoms with Gasteiger partial charge in [0.2, 0.25) is 5.91 Å². The van der Waals surface area contributed by atoms with E-state index >= 15 is 0 Å². The molecule has 0 saturated heterocycles. The summed E-state index contributed by atoms with van der Waals surface area (Å²) in [4.78, 5) is 15.1. The monoisotopic (exact) mass is 421 g/mol. The van der Waals surface area contributed by atoms with E-state index in [9.17, 15) is 9.36 Å². The summed E-state index contributed by atoms with van der Waals surface area (Å²) in [5.41, 5.74) is 0. The van der Waals surface area contributed by atoms with Crippen molar-refractivity contribution in [3.8, 4) is 0 Å². The average Bonchev–Trinajstić information content (AvgIpc) is 2.67. The van der Waals surface area contributed by atoms with Crippen molar-refractivity contribution in [2.24, 2.45) is 0 Å².